The van der Waals surface area contributed by atoms with Gasteiger partial charge < -0.3 is 25.3 Å². The van der Waals surface area contributed by atoms with Crippen LogP contribution in [-0.4, -0.2) is 86.6 Å². The number of nitrogens with zero attached hydrogens (tertiary/aromatic N) is 9. The maximum atomic E-state index is 11.6. The highest BCUT2D eigenvalue weighted by molar-refractivity contribution is 6.36. The lowest BCUT2D eigenvalue weighted by molar-refractivity contribution is -0.130. The predicted molar refractivity (Wildman–Crippen MR) is 143 cm³/mol. The number of piperazine rings is 1. The molecule has 6 rings (SSSR count). The smallest absolute Gasteiger partial charge is 0.275 e. The number of aromatic nitrogens is 4. The Morgan fingerprint density at radius 2 is 2.00 bits per heavy atom. The summed E-state index contributed by atoms with van der Waals surface area (Å²) < 4.78 is 1.46. The number of nitriles is 1. The molecule has 12 nitrogen and oxygen atoms in total. The molecule has 1 saturated carbocycles. The summed E-state index contributed by atoms with van der Waals surface area (Å²) >= 11 is 6.86. The molecule has 4 heterocycles. The molecule has 3 aromatic rings. The van der Waals surface area contributed by atoms with E-state index >= 15 is 0 Å². The van der Waals surface area contributed by atoms with Crippen molar-refractivity contribution in [2.75, 3.05) is 54.8 Å². The summed E-state index contributed by atoms with van der Waals surface area (Å²) in [4.78, 5) is 30.5. The Bertz CT molecular complexity index is 1490. The van der Waals surface area contributed by atoms with E-state index in [1.54, 1.807) is 19.1 Å². The second-order valence-corrected chi connectivity index (χ2v) is 10.2. The van der Waals surface area contributed by atoms with Crippen LogP contribution >= 0.6 is 11.6 Å². The summed E-state index contributed by atoms with van der Waals surface area (Å²) in [7, 11) is 0. The molecule has 0 unspecified atom stereocenters. The monoisotopic (exact) mass is 531 g/mol. The van der Waals surface area contributed by atoms with Crippen molar-refractivity contribution in [1.29, 1.82) is 5.26 Å². The zero-order valence-corrected chi connectivity index (χ0v) is 21.6. The van der Waals surface area contributed by atoms with Gasteiger partial charge in [0.15, 0.2) is 5.82 Å². The number of nitrogens with one attached hydrogen (secondary N) is 2. The minimum Gasteiger partial charge on any atom is -0.367 e. The molecule has 3 fully saturated rings. The first-order valence-electron chi connectivity index (χ1n) is 12.6. The first kappa shape index (κ1) is 24.2. The molecule has 0 radical (unpaired) electrons. The highest BCUT2D eigenvalue weighted by atomic mass is 35.5. The molecule has 2 saturated heterocycles. The molecule has 0 spiro atoms. The van der Waals surface area contributed by atoms with Crippen molar-refractivity contribution >= 4 is 52.1 Å². The van der Waals surface area contributed by atoms with E-state index in [2.05, 4.69) is 46.4 Å². The molecule has 0 atom stereocenters. The Morgan fingerprint density at radius 3 is 2.66 bits per heavy atom. The topological polar surface area (TPSA) is 122 Å². The highest BCUT2D eigenvalue weighted by Gasteiger charge is 2.35. The van der Waals surface area contributed by atoms with Crippen LogP contribution in [0.15, 0.2) is 18.3 Å². The summed E-state index contributed by atoms with van der Waals surface area (Å²) in [6, 6.07) is 6.40. The average Bonchev–Trinajstić information content (AvgIpc) is 3.61. The third kappa shape index (κ3) is 4.53. The fraction of sp³-hybridized carbons (Fsp3) is 0.440. The number of hydrogen-bond donors (Lipinski definition) is 2. The number of halogens is 1. The molecule has 2 aliphatic heterocycles. The quantitative estimate of drug-likeness (QED) is 0.462. The number of carbonyl (C=O) groups is 1. The predicted octanol–water partition coefficient (Wildman–Crippen LogP) is 2.87. The largest absolute Gasteiger partial charge is 0.367 e. The molecule has 3 aliphatic rings. The second kappa shape index (κ2) is 9.63. The van der Waals surface area contributed by atoms with Gasteiger partial charge in [-0.05, 0) is 25.0 Å². The Kier molecular flexibility index (Phi) is 6.14. The van der Waals surface area contributed by atoms with E-state index in [9.17, 15) is 10.1 Å². The van der Waals surface area contributed by atoms with Crippen LogP contribution in [0.3, 0.4) is 0 Å². The van der Waals surface area contributed by atoms with Crippen molar-refractivity contribution in [2.45, 2.75) is 31.8 Å². The fourth-order valence-electron chi connectivity index (χ4n) is 4.92. The number of carbonyl (C=O) groups excluding carboxylic acids is 1. The van der Waals surface area contributed by atoms with Gasteiger partial charge in [0, 0.05) is 58.3 Å². The van der Waals surface area contributed by atoms with Crippen LogP contribution in [0.25, 0.3) is 10.5 Å². The van der Waals surface area contributed by atoms with E-state index in [0.717, 1.165) is 57.8 Å². The molecule has 194 valence electrons. The summed E-state index contributed by atoms with van der Waals surface area (Å²) in [5.41, 5.74) is 2.24. The van der Waals surface area contributed by atoms with Gasteiger partial charge in [-0.2, -0.15) is 10.2 Å². The number of amides is 1. The van der Waals surface area contributed by atoms with Crippen LogP contribution in [0.5, 0.6) is 0 Å². The van der Waals surface area contributed by atoms with Gasteiger partial charge in [-0.15, -0.1) is 4.52 Å². The van der Waals surface area contributed by atoms with Gasteiger partial charge in [-0.25, -0.2) is 4.98 Å². The summed E-state index contributed by atoms with van der Waals surface area (Å²) in [5.74, 6) is 1.19. The van der Waals surface area contributed by atoms with Crippen molar-refractivity contribution in [3.8, 4) is 6.07 Å². The molecule has 1 aliphatic carbocycles. The van der Waals surface area contributed by atoms with Crippen molar-refractivity contribution < 1.29 is 4.79 Å². The third-order valence-electron chi connectivity index (χ3n) is 7.28. The number of rotatable bonds is 6. The fourth-order valence-corrected chi connectivity index (χ4v) is 5.19. The standard InChI is InChI=1S/C25H26ClN11O/c1-15(38)34-5-7-35(8-6-34)18-13-36(14-18)20-10-16(11-27)9-19(22(20)26)31-25-32-23(30-17-3-4-17)24-29-12-21(28-2)37(24)33-25/h9-10,12,17-18H,3-8,13-14H2,1H3,(H2,30,31,32,33). The van der Waals surface area contributed by atoms with Gasteiger partial charge in [0.1, 0.15) is 0 Å². The minimum atomic E-state index is 0.122. The Labute approximate surface area is 224 Å². The first-order chi connectivity index (χ1) is 18.4. The van der Waals surface area contributed by atoms with E-state index in [1.807, 2.05) is 4.90 Å². The lowest BCUT2D eigenvalue weighted by Crippen LogP contribution is -2.63. The number of hydrogen-bond acceptors (Lipinski definition) is 9. The van der Waals surface area contributed by atoms with Crippen LogP contribution in [-0.2, 0) is 4.79 Å². The molecule has 1 aromatic carbocycles. The minimum absolute atomic E-state index is 0.122. The van der Waals surface area contributed by atoms with Crippen molar-refractivity contribution in [2.24, 2.45) is 0 Å². The summed E-state index contributed by atoms with van der Waals surface area (Å²) in [6.07, 6.45) is 3.58. The van der Waals surface area contributed by atoms with Gasteiger partial charge in [-0.1, -0.05) is 23.3 Å². The van der Waals surface area contributed by atoms with E-state index in [4.69, 9.17) is 18.2 Å². The van der Waals surface area contributed by atoms with Gasteiger partial charge in [0.05, 0.1) is 34.2 Å². The third-order valence-corrected chi connectivity index (χ3v) is 7.68. The normalized spacial score (nSPS) is 18.1. The van der Waals surface area contributed by atoms with Crippen LogP contribution in [0.4, 0.5) is 29.0 Å². The van der Waals surface area contributed by atoms with Crippen LogP contribution in [0.2, 0.25) is 5.02 Å². The number of imidazole rings is 1. The number of fused-ring (bicyclic) bond motifs is 1. The van der Waals surface area contributed by atoms with Crippen LogP contribution in [0.1, 0.15) is 25.3 Å². The lowest BCUT2D eigenvalue weighted by atomic mass is 10.0. The molecular formula is C25H26ClN11O. The van der Waals surface area contributed by atoms with E-state index in [-0.39, 0.29) is 17.7 Å². The zero-order chi connectivity index (χ0) is 26.4. The van der Waals surface area contributed by atoms with Gasteiger partial charge in [-0.3, -0.25) is 9.69 Å². The van der Waals surface area contributed by atoms with Gasteiger partial charge in [0.25, 0.3) is 17.4 Å². The van der Waals surface area contributed by atoms with E-state index < -0.39 is 0 Å². The molecule has 0 bridgehead atoms. The Morgan fingerprint density at radius 1 is 1.24 bits per heavy atom. The van der Waals surface area contributed by atoms with Crippen LogP contribution < -0.4 is 15.5 Å². The zero-order valence-electron chi connectivity index (χ0n) is 20.9. The van der Waals surface area contributed by atoms with Crippen LogP contribution in [0, 0.1) is 17.9 Å². The second-order valence-electron chi connectivity index (χ2n) is 9.86. The molecule has 2 aromatic heterocycles. The molecule has 1 amide bonds. The average molecular weight is 532 g/mol. The highest BCUT2D eigenvalue weighted by Crippen LogP contribution is 2.39. The number of anilines is 4. The van der Waals surface area contributed by atoms with Crippen molar-refractivity contribution in [3.05, 3.63) is 40.3 Å². The molecule has 2 N–H and O–H groups in total. The molecule has 13 heteroatoms. The van der Waals surface area contributed by atoms with Gasteiger partial charge in [0.2, 0.25) is 5.91 Å². The first-order valence-corrected chi connectivity index (χ1v) is 13.0. The Balaban J connectivity index is 1.23. The Hall–Kier alpha value is -4.13. The van der Waals surface area contributed by atoms with E-state index in [0.29, 0.717) is 39.8 Å². The summed E-state index contributed by atoms with van der Waals surface area (Å²) in [5, 5.41) is 21.2. The molecule has 38 heavy (non-hydrogen) atoms. The van der Waals surface area contributed by atoms with Crippen molar-refractivity contribution in [3.63, 3.8) is 0 Å². The van der Waals surface area contributed by atoms with Gasteiger partial charge >= 0.3 is 0 Å². The number of benzene rings is 1. The maximum absolute atomic E-state index is 11.6. The van der Waals surface area contributed by atoms with E-state index in [1.165, 1.54) is 10.7 Å². The van der Waals surface area contributed by atoms with Crippen molar-refractivity contribution in [1.82, 2.24) is 29.4 Å². The summed E-state index contributed by atoms with van der Waals surface area (Å²) in [6.45, 7) is 13.8. The molecular weight excluding hydrogens is 506 g/mol. The lowest BCUT2D eigenvalue weighted by Gasteiger charge is -2.49. The maximum Gasteiger partial charge on any atom is 0.275 e. The SMILES string of the molecule is [C-]#[N+]c1cnc2c(NC3CC3)nc(Nc3cc(C#N)cc(N4CC(N5CCN(C(C)=O)CC5)C4)c3Cl)nn12.